The summed E-state index contributed by atoms with van der Waals surface area (Å²) in [7, 11) is 4.02. The van der Waals surface area contributed by atoms with E-state index in [4.69, 9.17) is 0 Å². The molecule has 1 aliphatic rings. The minimum Gasteiger partial charge on any atom is -0.316 e. The topological polar surface area (TPSA) is 29.9 Å². The SMILES string of the molecule is CNC1CC(c2cnn(C)c2)C1(C)C. The third-order valence-corrected chi connectivity index (χ3v) is 3.74. The Kier molecular flexibility index (Phi) is 2.14. The standard InChI is InChI=1S/C11H19N3/c1-11(2)9(5-10(11)12-3)8-6-13-14(4)7-8/h6-7,9-10,12H,5H2,1-4H3. The Morgan fingerprint density at radius 2 is 2.29 bits per heavy atom. The van der Waals surface area contributed by atoms with Crippen LogP contribution in [0.2, 0.25) is 0 Å². The largest absolute Gasteiger partial charge is 0.316 e. The van der Waals surface area contributed by atoms with Crippen LogP contribution >= 0.6 is 0 Å². The van der Waals surface area contributed by atoms with Crippen LogP contribution < -0.4 is 5.32 Å². The second-order valence-electron chi connectivity index (χ2n) is 4.90. The monoisotopic (exact) mass is 193 g/mol. The number of hydrogen-bond donors (Lipinski definition) is 1. The molecule has 0 aliphatic heterocycles. The van der Waals surface area contributed by atoms with Crippen molar-refractivity contribution in [2.24, 2.45) is 12.5 Å². The summed E-state index contributed by atoms with van der Waals surface area (Å²) in [5.41, 5.74) is 1.74. The third kappa shape index (κ3) is 1.27. The van der Waals surface area contributed by atoms with E-state index in [0.717, 1.165) is 0 Å². The normalized spacial score (nSPS) is 30.0. The lowest BCUT2D eigenvalue weighted by Gasteiger charge is -2.52. The number of nitrogens with zero attached hydrogens (tertiary/aromatic N) is 2. The van der Waals surface area contributed by atoms with Crippen LogP contribution in [-0.2, 0) is 7.05 Å². The van der Waals surface area contributed by atoms with Gasteiger partial charge in [-0.1, -0.05) is 13.8 Å². The fourth-order valence-corrected chi connectivity index (χ4v) is 2.60. The molecule has 0 bridgehead atoms. The lowest BCUT2D eigenvalue weighted by atomic mass is 9.57. The zero-order valence-electron chi connectivity index (χ0n) is 9.41. The fourth-order valence-electron chi connectivity index (χ4n) is 2.60. The first kappa shape index (κ1) is 9.71. The maximum Gasteiger partial charge on any atom is 0.0524 e. The quantitative estimate of drug-likeness (QED) is 0.772. The van der Waals surface area contributed by atoms with E-state index in [1.807, 2.05) is 25.0 Å². The fraction of sp³-hybridized carbons (Fsp3) is 0.727. The van der Waals surface area contributed by atoms with E-state index in [0.29, 0.717) is 17.4 Å². The van der Waals surface area contributed by atoms with Crippen LogP contribution in [0.3, 0.4) is 0 Å². The third-order valence-electron chi connectivity index (χ3n) is 3.74. The summed E-state index contributed by atoms with van der Waals surface area (Å²) in [6.45, 7) is 4.66. The summed E-state index contributed by atoms with van der Waals surface area (Å²) in [4.78, 5) is 0. The van der Waals surface area contributed by atoms with E-state index in [1.165, 1.54) is 12.0 Å². The highest BCUT2D eigenvalue weighted by molar-refractivity contribution is 5.22. The molecule has 3 nitrogen and oxygen atoms in total. The Bertz CT molecular complexity index is 327. The highest BCUT2D eigenvalue weighted by Crippen LogP contribution is 2.52. The minimum atomic E-state index is 0.359. The molecule has 3 heteroatoms. The van der Waals surface area contributed by atoms with E-state index >= 15 is 0 Å². The van der Waals surface area contributed by atoms with E-state index < -0.39 is 0 Å². The zero-order valence-corrected chi connectivity index (χ0v) is 9.41. The molecule has 14 heavy (non-hydrogen) atoms. The number of hydrogen-bond acceptors (Lipinski definition) is 2. The molecule has 2 atom stereocenters. The summed E-state index contributed by atoms with van der Waals surface area (Å²) < 4.78 is 1.89. The van der Waals surface area contributed by atoms with Gasteiger partial charge >= 0.3 is 0 Å². The van der Waals surface area contributed by atoms with Crippen molar-refractivity contribution in [3.8, 4) is 0 Å². The molecular weight excluding hydrogens is 174 g/mol. The zero-order chi connectivity index (χ0) is 10.3. The van der Waals surface area contributed by atoms with Gasteiger partial charge in [0.25, 0.3) is 0 Å². The van der Waals surface area contributed by atoms with Gasteiger partial charge in [-0.2, -0.15) is 5.10 Å². The summed E-state index contributed by atoms with van der Waals surface area (Å²) in [6.07, 6.45) is 5.37. The maximum atomic E-state index is 4.23. The maximum absolute atomic E-state index is 4.23. The molecule has 1 aromatic rings. The van der Waals surface area contributed by atoms with Crippen LogP contribution in [0.25, 0.3) is 0 Å². The average Bonchev–Trinajstić information content (AvgIpc) is 2.51. The van der Waals surface area contributed by atoms with Gasteiger partial charge in [0.15, 0.2) is 0 Å². The first-order valence-electron chi connectivity index (χ1n) is 5.21. The van der Waals surface area contributed by atoms with Gasteiger partial charge in [-0.05, 0) is 30.4 Å². The van der Waals surface area contributed by atoms with Gasteiger partial charge in [0.05, 0.1) is 6.20 Å². The Hall–Kier alpha value is -0.830. The van der Waals surface area contributed by atoms with Gasteiger partial charge in [0, 0.05) is 19.3 Å². The summed E-state index contributed by atoms with van der Waals surface area (Å²) in [5.74, 6) is 0.661. The number of nitrogens with one attached hydrogen (secondary N) is 1. The smallest absolute Gasteiger partial charge is 0.0524 e. The Morgan fingerprint density at radius 1 is 1.57 bits per heavy atom. The van der Waals surface area contributed by atoms with Gasteiger partial charge in [0.2, 0.25) is 0 Å². The van der Waals surface area contributed by atoms with Crippen molar-refractivity contribution in [1.82, 2.24) is 15.1 Å². The molecule has 2 unspecified atom stereocenters. The number of rotatable bonds is 2. The van der Waals surface area contributed by atoms with E-state index in [-0.39, 0.29) is 0 Å². The van der Waals surface area contributed by atoms with Crippen LogP contribution in [0, 0.1) is 5.41 Å². The molecule has 2 rings (SSSR count). The Labute approximate surface area is 85.5 Å². The van der Waals surface area contributed by atoms with Gasteiger partial charge in [-0.25, -0.2) is 0 Å². The first-order chi connectivity index (χ1) is 6.55. The van der Waals surface area contributed by atoms with Crippen molar-refractivity contribution in [3.63, 3.8) is 0 Å². The highest BCUT2D eigenvalue weighted by atomic mass is 15.2. The highest BCUT2D eigenvalue weighted by Gasteiger charge is 2.48. The molecule has 0 spiro atoms. The minimum absolute atomic E-state index is 0.359. The van der Waals surface area contributed by atoms with Gasteiger partial charge in [0.1, 0.15) is 0 Å². The van der Waals surface area contributed by atoms with Crippen LogP contribution in [0.5, 0.6) is 0 Å². The molecule has 0 amide bonds. The lowest BCUT2D eigenvalue weighted by Crippen LogP contribution is -2.54. The summed E-state index contributed by atoms with van der Waals surface area (Å²) >= 11 is 0. The molecule has 0 saturated heterocycles. The molecule has 78 valence electrons. The number of aromatic nitrogens is 2. The molecule has 1 fully saturated rings. The molecular formula is C11H19N3. The van der Waals surface area contributed by atoms with E-state index in [9.17, 15) is 0 Å². The molecule has 1 aliphatic carbocycles. The second kappa shape index (κ2) is 3.09. The van der Waals surface area contributed by atoms with Crippen LogP contribution in [-0.4, -0.2) is 22.9 Å². The molecule has 1 N–H and O–H groups in total. The second-order valence-corrected chi connectivity index (χ2v) is 4.90. The predicted octanol–water partition coefficient (Wildman–Crippen LogP) is 1.52. The molecule has 1 heterocycles. The number of aryl methyl sites for hydroxylation is 1. The van der Waals surface area contributed by atoms with Crippen molar-refractivity contribution in [3.05, 3.63) is 18.0 Å². The van der Waals surface area contributed by atoms with Crippen molar-refractivity contribution in [1.29, 1.82) is 0 Å². The molecule has 0 radical (unpaired) electrons. The molecule has 0 aromatic carbocycles. The van der Waals surface area contributed by atoms with Crippen LogP contribution in [0.1, 0.15) is 31.7 Å². The Morgan fingerprint density at radius 3 is 2.71 bits per heavy atom. The van der Waals surface area contributed by atoms with Crippen molar-refractivity contribution < 1.29 is 0 Å². The average molecular weight is 193 g/mol. The van der Waals surface area contributed by atoms with Gasteiger partial charge < -0.3 is 5.32 Å². The first-order valence-corrected chi connectivity index (χ1v) is 5.21. The summed E-state index contributed by atoms with van der Waals surface area (Å²) in [6, 6.07) is 0.646. The Balaban J connectivity index is 2.16. The van der Waals surface area contributed by atoms with Gasteiger partial charge in [-0.3, -0.25) is 4.68 Å². The molecule has 1 aromatic heterocycles. The van der Waals surface area contributed by atoms with Crippen molar-refractivity contribution in [2.75, 3.05) is 7.05 Å². The van der Waals surface area contributed by atoms with E-state index in [2.05, 4.69) is 30.5 Å². The lowest BCUT2D eigenvalue weighted by molar-refractivity contribution is 0.0751. The van der Waals surface area contributed by atoms with Crippen molar-refractivity contribution >= 4 is 0 Å². The van der Waals surface area contributed by atoms with E-state index in [1.54, 1.807) is 0 Å². The van der Waals surface area contributed by atoms with Crippen LogP contribution in [0.4, 0.5) is 0 Å². The van der Waals surface area contributed by atoms with Gasteiger partial charge in [-0.15, -0.1) is 0 Å². The van der Waals surface area contributed by atoms with Crippen LogP contribution in [0.15, 0.2) is 12.4 Å². The predicted molar refractivity (Wildman–Crippen MR) is 57.2 cm³/mol. The molecule has 1 saturated carbocycles. The summed E-state index contributed by atoms with van der Waals surface area (Å²) in [5, 5.41) is 7.60. The van der Waals surface area contributed by atoms with Crippen molar-refractivity contribution in [2.45, 2.75) is 32.2 Å².